The van der Waals surface area contributed by atoms with Gasteiger partial charge in [-0.25, -0.2) is 9.18 Å². The maximum atomic E-state index is 13.5. The van der Waals surface area contributed by atoms with Gasteiger partial charge in [-0.15, -0.1) is 0 Å². The number of esters is 1. The van der Waals surface area contributed by atoms with E-state index < -0.39 is 11.8 Å². The van der Waals surface area contributed by atoms with Crippen molar-refractivity contribution in [2.24, 2.45) is 0 Å². The molecule has 0 saturated carbocycles. The Labute approximate surface area is 86.3 Å². The highest BCUT2D eigenvalue weighted by Gasteiger charge is 2.20. The third-order valence-corrected chi connectivity index (χ3v) is 1.79. The van der Waals surface area contributed by atoms with Crippen LogP contribution < -0.4 is 0 Å². The average Bonchev–Trinajstić information content (AvgIpc) is 2.22. The number of rotatable bonds is 2. The van der Waals surface area contributed by atoms with Crippen molar-refractivity contribution in [1.29, 1.82) is 5.26 Å². The van der Waals surface area contributed by atoms with Crippen LogP contribution in [0.4, 0.5) is 4.39 Å². The molecule has 1 aromatic rings. The summed E-state index contributed by atoms with van der Waals surface area (Å²) in [7, 11) is 0. The van der Waals surface area contributed by atoms with Crippen molar-refractivity contribution in [1.82, 2.24) is 4.98 Å². The SMILES string of the molecule is CCOC(=O)c1c(C#N)cnc(C)c1F. The van der Waals surface area contributed by atoms with Crippen molar-refractivity contribution in [3.8, 4) is 6.07 Å². The van der Waals surface area contributed by atoms with E-state index in [1.165, 1.54) is 6.92 Å². The number of nitriles is 1. The molecule has 0 radical (unpaired) electrons. The standard InChI is InChI=1S/C10H9FN2O2/c1-3-15-10(14)8-7(4-12)5-13-6(2)9(8)11/h5H,3H2,1-2H3. The van der Waals surface area contributed by atoms with Gasteiger partial charge in [0.05, 0.1) is 17.9 Å². The van der Waals surface area contributed by atoms with Gasteiger partial charge in [-0.1, -0.05) is 0 Å². The van der Waals surface area contributed by atoms with E-state index in [-0.39, 0.29) is 23.4 Å². The summed E-state index contributed by atoms with van der Waals surface area (Å²) in [4.78, 5) is 15.0. The van der Waals surface area contributed by atoms with Crippen LogP contribution in [-0.4, -0.2) is 17.6 Å². The molecule has 0 fully saturated rings. The summed E-state index contributed by atoms with van der Waals surface area (Å²) in [6, 6.07) is 1.70. The first-order valence-electron chi connectivity index (χ1n) is 4.34. The smallest absolute Gasteiger partial charge is 0.342 e. The number of hydrogen-bond donors (Lipinski definition) is 0. The van der Waals surface area contributed by atoms with Crippen LogP contribution in [0.2, 0.25) is 0 Å². The van der Waals surface area contributed by atoms with Crippen molar-refractivity contribution in [2.45, 2.75) is 13.8 Å². The zero-order chi connectivity index (χ0) is 11.4. The average molecular weight is 208 g/mol. The molecule has 0 bridgehead atoms. The van der Waals surface area contributed by atoms with Crippen LogP contribution in [0.1, 0.15) is 28.5 Å². The van der Waals surface area contributed by atoms with Crippen molar-refractivity contribution in [3.05, 3.63) is 28.8 Å². The molecule has 0 aliphatic heterocycles. The summed E-state index contributed by atoms with van der Waals surface area (Å²) >= 11 is 0. The highest BCUT2D eigenvalue weighted by molar-refractivity contribution is 5.92. The minimum atomic E-state index is -0.836. The summed E-state index contributed by atoms with van der Waals surface area (Å²) < 4.78 is 18.2. The lowest BCUT2D eigenvalue weighted by Gasteiger charge is -2.05. The maximum Gasteiger partial charge on any atom is 0.342 e. The Morgan fingerprint density at radius 3 is 2.93 bits per heavy atom. The first-order valence-corrected chi connectivity index (χ1v) is 4.34. The minimum Gasteiger partial charge on any atom is -0.462 e. The van der Waals surface area contributed by atoms with Gasteiger partial charge in [0.2, 0.25) is 0 Å². The quantitative estimate of drug-likeness (QED) is 0.692. The molecule has 0 aromatic carbocycles. The highest BCUT2D eigenvalue weighted by Crippen LogP contribution is 2.15. The Hall–Kier alpha value is -1.96. The topological polar surface area (TPSA) is 63.0 Å². The van der Waals surface area contributed by atoms with Crippen LogP contribution in [0.5, 0.6) is 0 Å². The number of pyridine rings is 1. The van der Waals surface area contributed by atoms with E-state index in [1.54, 1.807) is 13.0 Å². The molecular weight excluding hydrogens is 199 g/mol. The molecule has 0 spiro atoms. The van der Waals surface area contributed by atoms with Gasteiger partial charge in [0.15, 0.2) is 5.82 Å². The van der Waals surface area contributed by atoms with E-state index in [4.69, 9.17) is 5.26 Å². The predicted molar refractivity (Wildman–Crippen MR) is 49.6 cm³/mol. The van der Waals surface area contributed by atoms with E-state index in [0.29, 0.717) is 0 Å². The Kier molecular flexibility index (Phi) is 3.34. The van der Waals surface area contributed by atoms with Gasteiger partial charge in [-0.3, -0.25) is 4.98 Å². The van der Waals surface area contributed by atoms with Gasteiger partial charge in [0.25, 0.3) is 0 Å². The monoisotopic (exact) mass is 208 g/mol. The number of hydrogen-bond acceptors (Lipinski definition) is 4. The second kappa shape index (κ2) is 4.51. The predicted octanol–water partition coefficient (Wildman–Crippen LogP) is 1.58. The van der Waals surface area contributed by atoms with Crippen LogP contribution >= 0.6 is 0 Å². The number of ether oxygens (including phenoxy) is 1. The van der Waals surface area contributed by atoms with E-state index in [2.05, 4.69) is 9.72 Å². The third kappa shape index (κ3) is 2.10. The van der Waals surface area contributed by atoms with Crippen LogP contribution in [0.25, 0.3) is 0 Å². The molecular formula is C10H9FN2O2. The van der Waals surface area contributed by atoms with Crippen molar-refractivity contribution in [2.75, 3.05) is 6.61 Å². The van der Waals surface area contributed by atoms with E-state index in [9.17, 15) is 9.18 Å². The Morgan fingerprint density at radius 2 is 2.40 bits per heavy atom. The van der Waals surface area contributed by atoms with Crippen LogP contribution in [0.3, 0.4) is 0 Å². The number of carbonyl (C=O) groups is 1. The molecule has 0 amide bonds. The second-order valence-electron chi connectivity index (χ2n) is 2.78. The zero-order valence-corrected chi connectivity index (χ0v) is 8.37. The summed E-state index contributed by atoms with van der Waals surface area (Å²) in [6.07, 6.45) is 1.16. The fourth-order valence-corrected chi connectivity index (χ4v) is 1.07. The fraction of sp³-hybridized carbons (Fsp3) is 0.300. The van der Waals surface area contributed by atoms with E-state index in [0.717, 1.165) is 6.20 Å². The summed E-state index contributed by atoms with van der Waals surface area (Å²) in [5, 5.41) is 8.69. The first kappa shape index (κ1) is 11.1. The number of aromatic nitrogens is 1. The van der Waals surface area contributed by atoms with Crippen LogP contribution in [0, 0.1) is 24.1 Å². The van der Waals surface area contributed by atoms with Gasteiger partial charge < -0.3 is 4.74 Å². The van der Waals surface area contributed by atoms with Gasteiger partial charge in [0.1, 0.15) is 11.6 Å². The number of halogens is 1. The lowest BCUT2D eigenvalue weighted by molar-refractivity contribution is 0.0520. The maximum absolute atomic E-state index is 13.5. The van der Waals surface area contributed by atoms with Crippen molar-refractivity contribution in [3.63, 3.8) is 0 Å². The molecule has 1 aromatic heterocycles. The molecule has 0 aliphatic rings. The molecule has 0 aliphatic carbocycles. The van der Waals surface area contributed by atoms with Crippen LogP contribution in [0.15, 0.2) is 6.20 Å². The molecule has 1 heterocycles. The van der Waals surface area contributed by atoms with Gasteiger partial charge in [0, 0.05) is 6.20 Å². The van der Waals surface area contributed by atoms with Gasteiger partial charge in [-0.05, 0) is 13.8 Å². The minimum absolute atomic E-state index is 0.0667. The Bertz CT molecular complexity index is 438. The Balaban J connectivity index is 3.31. The number of nitrogens with zero attached hydrogens (tertiary/aromatic N) is 2. The molecule has 0 atom stereocenters. The van der Waals surface area contributed by atoms with E-state index >= 15 is 0 Å². The molecule has 4 nitrogen and oxygen atoms in total. The largest absolute Gasteiger partial charge is 0.462 e. The highest BCUT2D eigenvalue weighted by atomic mass is 19.1. The van der Waals surface area contributed by atoms with Crippen molar-refractivity contribution >= 4 is 5.97 Å². The fourth-order valence-electron chi connectivity index (χ4n) is 1.07. The second-order valence-corrected chi connectivity index (χ2v) is 2.78. The molecule has 0 unspecified atom stereocenters. The van der Waals surface area contributed by atoms with Gasteiger partial charge in [-0.2, -0.15) is 5.26 Å². The molecule has 15 heavy (non-hydrogen) atoms. The number of carbonyl (C=O) groups excluding carboxylic acids is 1. The third-order valence-electron chi connectivity index (χ3n) is 1.79. The first-order chi connectivity index (χ1) is 7.11. The molecule has 78 valence electrons. The van der Waals surface area contributed by atoms with Crippen LogP contribution in [-0.2, 0) is 4.74 Å². The lowest BCUT2D eigenvalue weighted by atomic mass is 10.1. The summed E-state index contributed by atoms with van der Waals surface area (Å²) in [5.41, 5.74) is -0.388. The zero-order valence-electron chi connectivity index (χ0n) is 8.37. The lowest BCUT2D eigenvalue weighted by Crippen LogP contribution is -2.11. The molecule has 5 heteroatoms. The molecule has 0 N–H and O–H groups in total. The van der Waals surface area contributed by atoms with E-state index in [1.807, 2.05) is 0 Å². The summed E-state index contributed by atoms with van der Waals surface area (Å²) in [5.74, 6) is -1.63. The normalized spacial score (nSPS) is 9.47. The molecule has 1 rings (SSSR count). The van der Waals surface area contributed by atoms with Crippen molar-refractivity contribution < 1.29 is 13.9 Å². The summed E-state index contributed by atoms with van der Waals surface area (Å²) in [6.45, 7) is 3.15. The Morgan fingerprint density at radius 1 is 1.73 bits per heavy atom. The van der Waals surface area contributed by atoms with Gasteiger partial charge >= 0.3 is 5.97 Å². The number of aryl methyl sites for hydroxylation is 1. The molecule has 0 saturated heterocycles.